The molecule has 3 rings (SSSR count). The Morgan fingerprint density at radius 1 is 1.23 bits per heavy atom. The first-order valence-electron chi connectivity index (χ1n) is 7.40. The molecule has 8 heteroatoms. The van der Waals surface area contributed by atoms with Crippen molar-refractivity contribution in [1.29, 1.82) is 0 Å². The quantitative estimate of drug-likeness (QED) is 0.894. The maximum absolute atomic E-state index is 12.3. The van der Waals surface area contributed by atoms with Crippen LogP contribution in [0.2, 0.25) is 0 Å². The Morgan fingerprint density at radius 2 is 1.95 bits per heavy atom. The number of hydrogen-bond acceptors (Lipinski definition) is 5. The number of nitrogens with zero attached hydrogens (tertiary/aromatic N) is 1. The van der Waals surface area contributed by atoms with Gasteiger partial charge in [-0.3, -0.25) is 0 Å². The molecule has 0 amide bonds. The van der Waals surface area contributed by atoms with Crippen molar-refractivity contribution in [3.63, 3.8) is 0 Å². The van der Waals surface area contributed by atoms with Crippen LogP contribution >= 0.6 is 0 Å². The molecule has 2 fully saturated rings. The summed E-state index contributed by atoms with van der Waals surface area (Å²) in [5.41, 5.74) is 0. The van der Waals surface area contributed by atoms with Crippen LogP contribution in [0.3, 0.4) is 0 Å². The van der Waals surface area contributed by atoms with Gasteiger partial charge in [-0.1, -0.05) is 0 Å². The average Bonchev–Trinajstić information content (AvgIpc) is 3.19. The molecule has 0 unspecified atom stereocenters. The van der Waals surface area contributed by atoms with Crippen molar-refractivity contribution in [1.82, 2.24) is 4.31 Å². The predicted molar refractivity (Wildman–Crippen MR) is 75.7 cm³/mol. The van der Waals surface area contributed by atoms with E-state index >= 15 is 0 Å². The molecule has 0 aromatic carbocycles. The molecule has 2 aliphatic heterocycles. The van der Waals surface area contributed by atoms with Crippen molar-refractivity contribution in [2.24, 2.45) is 5.92 Å². The molecule has 2 saturated heterocycles. The van der Waals surface area contributed by atoms with Crippen LogP contribution in [-0.2, 0) is 19.6 Å². The topological polar surface area (TPSA) is 97.1 Å². The zero-order valence-electron chi connectivity index (χ0n) is 12.1. The van der Waals surface area contributed by atoms with Gasteiger partial charge in [0.2, 0.25) is 5.09 Å². The first-order valence-corrected chi connectivity index (χ1v) is 8.84. The fourth-order valence-electron chi connectivity index (χ4n) is 3.22. The third-order valence-electron chi connectivity index (χ3n) is 4.44. The first-order chi connectivity index (χ1) is 10.5. The van der Waals surface area contributed by atoms with E-state index in [1.165, 1.54) is 16.6 Å². The van der Waals surface area contributed by atoms with Gasteiger partial charge in [-0.2, -0.15) is 4.31 Å². The minimum absolute atomic E-state index is 0.0333. The van der Waals surface area contributed by atoms with E-state index in [-0.39, 0.29) is 17.1 Å². The summed E-state index contributed by atoms with van der Waals surface area (Å²) in [6, 6.07) is 3.00. The SMILES string of the molecule is O=C(O)[C@H]1CC[C@@H](C2CCN(S(=O)(=O)c3ccco3)CC2)O1. The average molecular weight is 329 g/mol. The standard InChI is InChI=1S/C14H19NO6S/c16-14(17)12-4-3-11(21-12)10-5-7-15(8-6-10)22(18,19)13-2-1-9-20-13/h1-2,9-12H,3-8H2,(H,16,17)/t11-,12+/m0/s1. The zero-order valence-corrected chi connectivity index (χ0v) is 12.9. The molecule has 0 spiro atoms. The number of piperidine rings is 1. The minimum atomic E-state index is -3.56. The van der Waals surface area contributed by atoms with E-state index in [2.05, 4.69) is 0 Å². The number of aliphatic carboxylic acids is 1. The number of furan rings is 1. The van der Waals surface area contributed by atoms with Gasteiger partial charge in [0.15, 0.2) is 6.10 Å². The van der Waals surface area contributed by atoms with Gasteiger partial charge in [-0.25, -0.2) is 13.2 Å². The third kappa shape index (κ3) is 2.90. The molecule has 0 bridgehead atoms. The van der Waals surface area contributed by atoms with E-state index < -0.39 is 22.1 Å². The lowest BCUT2D eigenvalue weighted by molar-refractivity contribution is -0.150. The monoisotopic (exact) mass is 329 g/mol. The summed E-state index contributed by atoms with van der Waals surface area (Å²) in [7, 11) is -3.56. The molecule has 1 aromatic rings. The Balaban J connectivity index is 1.58. The van der Waals surface area contributed by atoms with E-state index in [9.17, 15) is 13.2 Å². The lowest BCUT2D eigenvalue weighted by atomic mass is 9.90. The molecule has 2 aliphatic rings. The molecule has 0 saturated carbocycles. The highest BCUT2D eigenvalue weighted by molar-refractivity contribution is 7.89. The molecule has 3 heterocycles. The second-order valence-corrected chi connectivity index (χ2v) is 7.62. The third-order valence-corrected chi connectivity index (χ3v) is 6.23. The highest BCUT2D eigenvalue weighted by Crippen LogP contribution is 2.33. The smallest absolute Gasteiger partial charge is 0.332 e. The number of rotatable bonds is 4. The van der Waals surface area contributed by atoms with Gasteiger partial charge in [0.05, 0.1) is 12.4 Å². The van der Waals surface area contributed by atoms with Gasteiger partial charge in [-0.15, -0.1) is 0 Å². The lowest BCUT2D eigenvalue weighted by Gasteiger charge is -2.33. The number of ether oxygens (including phenoxy) is 1. The summed E-state index contributed by atoms with van der Waals surface area (Å²) >= 11 is 0. The maximum Gasteiger partial charge on any atom is 0.332 e. The van der Waals surface area contributed by atoms with Gasteiger partial charge in [0.1, 0.15) is 0 Å². The Bertz CT molecular complexity index is 618. The van der Waals surface area contributed by atoms with Crippen molar-refractivity contribution < 1.29 is 27.5 Å². The summed E-state index contributed by atoms with van der Waals surface area (Å²) in [5.74, 6) is -0.701. The van der Waals surface area contributed by atoms with Crippen molar-refractivity contribution in [2.75, 3.05) is 13.1 Å². The van der Waals surface area contributed by atoms with E-state index in [0.717, 1.165) is 6.42 Å². The second-order valence-electron chi connectivity index (χ2n) is 5.75. The predicted octanol–water partition coefficient (Wildman–Crippen LogP) is 1.31. The summed E-state index contributed by atoms with van der Waals surface area (Å²) in [6.45, 7) is 0.816. The lowest BCUT2D eigenvalue weighted by Crippen LogP contribution is -2.41. The fraction of sp³-hybridized carbons (Fsp3) is 0.643. The van der Waals surface area contributed by atoms with Gasteiger partial charge in [0.25, 0.3) is 10.0 Å². The number of carboxylic acids is 1. The summed E-state index contributed by atoms with van der Waals surface area (Å²) in [5, 5.41) is 8.93. The zero-order chi connectivity index (χ0) is 15.7. The van der Waals surface area contributed by atoms with Crippen LogP contribution in [0.1, 0.15) is 25.7 Å². The summed E-state index contributed by atoms with van der Waals surface area (Å²) in [4.78, 5) is 10.9. The Kier molecular flexibility index (Phi) is 4.24. The van der Waals surface area contributed by atoms with E-state index in [4.69, 9.17) is 14.3 Å². The van der Waals surface area contributed by atoms with Crippen LogP contribution in [-0.4, -0.2) is 49.1 Å². The number of hydrogen-bond donors (Lipinski definition) is 1. The van der Waals surface area contributed by atoms with Gasteiger partial charge < -0.3 is 14.3 Å². The highest BCUT2D eigenvalue weighted by Gasteiger charge is 2.38. The van der Waals surface area contributed by atoms with Crippen molar-refractivity contribution in [3.05, 3.63) is 18.4 Å². The Hall–Kier alpha value is -1.38. The molecule has 122 valence electrons. The molecule has 2 atom stereocenters. The van der Waals surface area contributed by atoms with Crippen LogP contribution in [0.4, 0.5) is 0 Å². The normalized spacial score (nSPS) is 28.0. The second kappa shape index (κ2) is 6.02. The van der Waals surface area contributed by atoms with Crippen molar-refractivity contribution in [2.45, 2.75) is 43.0 Å². The van der Waals surface area contributed by atoms with E-state index in [1.807, 2.05) is 0 Å². The number of carbonyl (C=O) groups is 1. The van der Waals surface area contributed by atoms with Crippen LogP contribution in [0.5, 0.6) is 0 Å². The van der Waals surface area contributed by atoms with Crippen molar-refractivity contribution >= 4 is 16.0 Å². The maximum atomic E-state index is 12.3. The minimum Gasteiger partial charge on any atom is -0.479 e. The summed E-state index contributed by atoms with van der Waals surface area (Å²) < 4.78 is 36.7. The fourth-order valence-corrected chi connectivity index (χ4v) is 4.59. The molecule has 1 aromatic heterocycles. The largest absolute Gasteiger partial charge is 0.479 e. The molecule has 22 heavy (non-hydrogen) atoms. The van der Waals surface area contributed by atoms with Gasteiger partial charge >= 0.3 is 5.97 Å². The molecular formula is C14H19NO6S. The molecular weight excluding hydrogens is 310 g/mol. The summed E-state index contributed by atoms with van der Waals surface area (Å²) in [6.07, 6.45) is 3.17. The van der Waals surface area contributed by atoms with Crippen LogP contribution in [0, 0.1) is 5.92 Å². The van der Waals surface area contributed by atoms with Crippen LogP contribution in [0.15, 0.2) is 27.9 Å². The van der Waals surface area contributed by atoms with Gasteiger partial charge in [0, 0.05) is 13.1 Å². The number of sulfonamides is 1. The Morgan fingerprint density at radius 3 is 2.50 bits per heavy atom. The van der Waals surface area contributed by atoms with Crippen LogP contribution < -0.4 is 0 Å². The van der Waals surface area contributed by atoms with E-state index in [1.54, 1.807) is 6.07 Å². The van der Waals surface area contributed by atoms with Crippen LogP contribution in [0.25, 0.3) is 0 Å². The molecule has 0 radical (unpaired) electrons. The van der Waals surface area contributed by atoms with Gasteiger partial charge in [-0.05, 0) is 43.7 Å². The molecule has 1 N–H and O–H groups in total. The molecule has 0 aliphatic carbocycles. The number of carboxylic acid groups (broad SMARTS) is 1. The molecule has 7 nitrogen and oxygen atoms in total. The Labute approximate surface area is 128 Å². The van der Waals surface area contributed by atoms with Crippen molar-refractivity contribution in [3.8, 4) is 0 Å². The first kappa shape index (κ1) is 15.5. The van der Waals surface area contributed by atoms with E-state index in [0.29, 0.717) is 32.4 Å². The highest BCUT2D eigenvalue weighted by atomic mass is 32.2.